The predicted molar refractivity (Wildman–Crippen MR) is 57.6 cm³/mol. The van der Waals surface area contributed by atoms with E-state index < -0.39 is 0 Å². The topological polar surface area (TPSA) is 34.4 Å². The molecule has 2 heterocycles. The van der Waals surface area contributed by atoms with E-state index in [1.807, 2.05) is 25.3 Å². The summed E-state index contributed by atoms with van der Waals surface area (Å²) in [6.07, 6.45) is 1.83. The van der Waals surface area contributed by atoms with Crippen LogP contribution in [0.5, 0.6) is 0 Å². The molecule has 0 aliphatic heterocycles. The van der Waals surface area contributed by atoms with E-state index in [-0.39, 0.29) is 5.78 Å². The van der Waals surface area contributed by atoms with Crippen molar-refractivity contribution in [1.82, 2.24) is 9.61 Å². The van der Waals surface area contributed by atoms with Gasteiger partial charge in [0.15, 0.2) is 5.78 Å². The molecule has 0 saturated carbocycles. The summed E-state index contributed by atoms with van der Waals surface area (Å²) in [5.74, 6) is 0.0457. The number of hydrogen-bond donors (Lipinski definition) is 0. The van der Waals surface area contributed by atoms with Crippen LogP contribution >= 0.6 is 15.9 Å². The van der Waals surface area contributed by atoms with Crippen LogP contribution in [-0.2, 0) is 0 Å². The van der Waals surface area contributed by atoms with Gasteiger partial charge in [0.1, 0.15) is 0 Å². The number of carbonyl (C=O) groups excluding carboxylic acids is 1. The van der Waals surface area contributed by atoms with Crippen molar-refractivity contribution in [2.24, 2.45) is 0 Å². The van der Waals surface area contributed by atoms with Crippen molar-refractivity contribution in [3.63, 3.8) is 0 Å². The van der Waals surface area contributed by atoms with E-state index in [0.29, 0.717) is 5.56 Å². The molecule has 0 aliphatic rings. The van der Waals surface area contributed by atoms with Gasteiger partial charge in [-0.25, -0.2) is 4.52 Å². The maximum atomic E-state index is 11.4. The van der Waals surface area contributed by atoms with E-state index in [9.17, 15) is 4.79 Å². The number of hydrogen-bond acceptors (Lipinski definition) is 2. The Balaban J connectivity index is 2.93. The molecule has 2 aromatic heterocycles. The number of aromatic nitrogens is 2. The molecule has 0 N–H and O–H groups in total. The fourth-order valence-electron chi connectivity index (χ4n) is 1.59. The van der Waals surface area contributed by atoms with Crippen LogP contribution in [0.4, 0.5) is 0 Å². The van der Waals surface area contributed by atoms with Crippen LogP contribution in [0.15, 0.2) is 22.8 Å². The largest absolute Gasteiger partial charge is 0.294 e. The second kappa shape index (κ2) is 3.20. The second-order valence-corrected chi connectivity index (χ2v) is 4.02. The second-order valence-electron chi connectivity index (χ2n) is 3.17. The fourth-order valence-corrected chi connectivity index (χ4v) is 2.13. The number of pyridine rings is 1. The van der Waals surface area contributed by atoms with Crippen LogP contribution in [0.2, 0.25) is 0 Å². The first-order valence-corrected chi connectivity index (χ1v) is 5.05. The maximum Gasteiger partial charge on any atom is 0.163 e. The third-order valence-corrected chi connectivity index (χ3v) is 2.77. The van der Waals surface area contributed by atoms with Gasteiger partial charge in [-0.15, -0.1) is 0 Å². The van der Waals surface area contributed by atoms with Gasteiger partial charge in [-0.1, -0.05) is 0 Å². The number of Topliss-reactive ketones (excluding diaryl/α,β-unsaturated/α-hetero) is 1. The summed E-state index contributed by atoms with van der Waals surface area (Å²) >= 11 is 3.42. The lowest BCUT2D eigenvalue weighted by atomic mass is 10.1. The van der Waals surface area contributed by atoms with Gasteiger partial charge < -0.3 is 0 Å². The molecule has 0 saturated heterocycles. The van der Waals surface area contributed by atoms with E-state index in [0.717, 1.165) is 15.7 Å². The molecule has 0 aliphatic carbocycles. The summed E-state index contributed by atoms with van der Waals surface area (Å²) in [6.45, 7) is 3.40. The highest BCUT2D eigenvalue weighted by Gasteiger charge is 2.14. The Kier molecular flexibility index (Phi) is 2.15. The molecule has 2 aromatic rings. The molecule has 2 rings (SSSR count). The molecular formula is C10H9BrN2O. The number of fused-ring (bicyclic) bond motifs is 1. The number of halogens is 1. The van der Waals surface area contributed by atoms with Gasteiger partial charge in [0.25, 0.3) is 0 Å². The Morgan fingerprint density at radius 1 is 1.57 bits per heavy atom. The molecule has 0 bridgehead atoms. The van der Waals surface area contributed by atoms with Crippen LogP contribution in [-0.4, -0.2) is 15.4 Å². The van der Waals surface area contributed by atoms with Crippen molar-refractivity contribution < 1.29 is 4.79 Å². The van der Waals surface area contributed by atoms with Crippen LogP contribution in [0.25, 0.3) is 5.52 Å². The predicted octanol–water partition coefficient (Wildman–Crippen LogP) is 2.61. The number of nitrogens with zero attached hydrogens (tertiary/aromatic N) is 2. The zero-order chi connectivity index (χ0) is 10.3. The zero-order valence-electron chi connectivity index (χ0n) is 7.91. The third-order valence-electron chi connectivity index (χ3n) is 2.13. The first-order chi connectivity index (χ1) is 6.61. The smallest absolute Gasteiger partial charge is 0.163 e. The molecule has 0 aromatic carbocycles. The molecule has 0 atom stereocenters. The van der Waals surface area contributed by atoms with Crippen molar-refractivity contribution in [2.75, 3.05) is 0 Å². The van der Waals surface area contributed by atoms with Crippen molar-refractivity contribution in [1.29, 1.82) is 0 Å². The quantitative estimate of drug-likeness (QED) is 0.732. The SMILES string of the molecule is CC(=O)c1c(C)nn2cccc(Br)c12. The average molecular weight is 253 g/mol. The minimum atomic E-state index is 0.0457. The molecule has 3 nitrogen and oxygen atoms in total. The van der Waals surface area contributed by atoms with Gasteiger partial charge in [-0.05, 0) is 41.9 Å². The van der Waals surface area contributed by atoms with Crippen LogP contribution in [0.3, 0.4) is 0 Å². The maximum absolute atomic E-state index is 11.4. The van der Waals surface area contributed by atoms with Crippen molar-refractivity contribution in [3.05, 3.63) is 34.1 Å². The van der Waals surface area contributed by atoms with Crippen LogP contribution < -0.4 is 0 Å². The van der Waals surface area contributed by atoms with Gasteiger partial charge in [0.2, 0.25) is 0 Å². The molecular weight excluding hydrogens is 244 g/mol. The Morgan fingerprint density at radius 3 is 2.93 bits per heavy atom. The molecule has 0 radical (unpaired) electrons. The summed E-state index contributed by atoms with van der Waals surface area (Å²) in [4.78, 5) is 11.4. The fraction of sp³-hybridized carbons (Fsp3) is 0.200. The number of aryl methyl sites for hydroxylation is 1. The monoisotopic (exact) mass is 252 g/mol. The van der Waals surface area contributed by atoms with Crippen LogP contribution in [0.1, 0.15) is 23.0 Å². The number of rotatable bonds is 1. The van der Waals surface area contributed by atoms with E-state index in [1.165, 1.54) is 0 Å². The minimum absolute atomic E-state index is 0.0457. The van der Waals surface area contributed by atoms with Crippen molar-refractivity contribution >= 4 is 27.2 Å². The lowest BCUT2D eigenvalue weighted by Gasteiger charge is -1.97. The Morgan fingerprint density at radius 2 is 2.29 bits per heavy atom. The summed E-state index contributed by atoms with van der Waals surface area (Å²) in [5, 5.41) is 4.26. The van der Waals surface area contributed by atoms with E-state index in [1.54, 1.807) is 11.4 Å². The Labute approximate surface area is 89.9 Å². The number of carbonyl (C=O) groups is 1. The average Bonchev–Trinajstić information content (AvgIpc) is 2.42. The standard InChI is InChI=1S/C10H9BrN2O/c1-6-9(7(2)14)10-8(11)4-3-5-13(10)12-6/h3-5H,1-2H3. The van der Waals surface area contributed by atoms with Gasteiger partial charge in [0.05, 0.1) is 16.8 Å². The summed E-state index contributed by atoms with van der Waals surface area (Å²) in [6, 6.07) is 3.79. The highest BCUT2D eigenvalue weighted by molar-refractivity contribution is 9.10. The minimum Gasteiger partial charge on any atom is -0.294 e. The third kappa shape index (κ3) is 1.26. The molecule has 0 amide bonds. The van der Waals surface area contributed by atoms with Gasteiger partial charge in [-0.3, -0.25) is 4.79 Å². The molecule has 0 spiro atoms. The summed E-state index contributed by atoms with van der Waals surface area (Å²) < 4.78 is 2.61. The molecule has 0 fully saturated rings. The lowest BCUT2D eigenvalue weighted by molar-refractivity contribution is 0.101. The lowest BCUT2D eigenvalue weighted by Crippen LogP contribution is -1.94. The van der Waals surface area contributed by atoms with E-state index in [2.05, 4.69) is 21.0 Å². The van der Waals surface area contributed by atoms with Gasteiger partial charge in [-0.2, -0.15) is 5.10 Å². The van der Waals surface area contributed by atoms with Crippen molar-refractivity contribution in [3.8, 4) is 0 Å². The molecule has 72 valence electrons. The highest BCUT2D eigenvalue weighted by Crippen LogP contribution is 2.23. The summed E-state index contributed by atoms with van der Waals surface area (Å²) in [7, 11) is 0. The van der Waals surface area contributed by atoms with E-state index >= 15 is 0 Å². The van der Waals surface area contributed by atoms with Crippen LogP contribution in [0, 0.1) is 6.92 Å². The molecule has 14 heavy (non-hydrogen) atoms. The van der Waals surface area contributed by atoms with Gasteiger partial charge in [0, 0.05) is 10.7 Å². The first-order valence-electron chi connectivity index (χ1n) is 4.25. The Bertz CT molecular complexity index is 516. The molecule has 0 unspecified atom stereocenters. The van der Waals surface area contributed by atoms with E-state index in [4.69, 9.17) is 0 Å². The van der Waals surface area contributed by atoms with Crippen molar-refractivity contribution in [2.45, 2.75) is 13.8 Å². The number of ketones is 1. The Hall–Kier alpha value is -1.16. The molecule has 4 heteroatoms. The summed E-state index contributed by atoms with van der Waals surface area (Å²) in [5.41, 5.74) is 2.30. The first kappa shape index (κ1) is 9.40. The zero-order valence-corrected chi connectivity index (χ0v) is 9.50. The highest BCUT2D eigenvalue weighted by atomic mass is 79.9. The van der Waals surface area contributed by atoms with Gasteiger partial charge >= 0.3 is 0 Å². The normalized spacial score (nSPS) is 10.8.